The van der Waals surface area contributed by atoms with Crippen molar-refractivity contribution in [2.45, 2.75) is 32.2 Å². The molecule has 1 aromatic rings. The third-order valence-corrected chi connectivity index (χ3v) is 5.26. The Morgan fingerprint density at radius 1 is 1.21 bits per heavy atom. The van der Waals surface area contributed by atoms with Gasteiger partial charge in [0.2, 0.25) is 0 Å². The molecular formula is C21H33FN4O2. The molecule has 28 heavy (non-hydrogen) atoms. The van der Waals surface area contributed by atoms with Crippen molar-refractivity contribution in [2.75, 3.05) is 59.1 Å². The molecule has 2 aliphatic heterocycles. The lowest BCUT2D eigenvalue weighted by Crippen LogP contribution is -2.46. The lowest BCUT2D eigenvalue weighted by Gasteiger charge is -2.32. The summed E-state index contributed by atoms with van der Waals surface area (Å²) in [5.74, 6) is 1.50. The fourth-order valence-corrected chi connectivity index (χ4v) is 3.72. The number of benzene rings is 1. The normalized spacial score (nSPS) is 21.1. The van der Waals surface area contributed by atoms with Crippen LogP contribution in [0.2, 0.25) is 0 Å². The summed E-state index contributed by atoms with van der Waals surface area (Å²) in [5, 5.41) is 3.44. The third-order valence-electron chi connectivity index (χ3n) is 5.26. The van der Waals surface area contributed by atoms with Gasteiger partial charge in [-0.25, -0.2) is 4.39 Å². The van der Waals surface area contributed by atoms with Crippen molar-refractivity contribution in [2.24, 2.45) is 4.99 Å². The van der Waals surface area contributed by atoms with Gasteiger partial charge in [0, 0.05) is 45.3 Å². The van der Waals surface area contributed by atoms with E-state index in [1.165, 1.54) is 18.6 Å². The number of unbranched alkanes of at least 4 members (excludes halogenated alkanes) is 1. The van der Waals surface area contributed by atoms with Crippen LogP contribution in [0.15, 0.2) is 29.3 Å². The maximum Gasteiger partial charge on any atom is 0.193 e. The second kappa shape index (κ2) is 11.2. The molecule has 0 amide bonds. The number of morpholine rings is 1. The number of hydrogen-bond acceptors (Lipinski definition) is 4. The molecule has 1 N–H and O–H groups in total. The molecule has 3 rings (SSSR count). The van der Waals surface area contributed by atoms with E-state index in [1.807, 2.05) is 0 Å². The summed E-state index contributed by atoms with van der Waals surface area (Å²) in [7, 11) is 0. The molecule has 0 radical (unpaired) electrons. The molecule has 2 fully saturated rings. The van der Waals surface area contributed by atoms with Crippen LogP contribution in [0.1, 0.15) is 26.2 Å². The van der Waals surface area contributed by atoms with Crippen molar-refractivity contribution in [3.8, 4) is 5.75 Å². The number of nitrogens with zero attached hydrogens (tertiary/aromatic N) is 3. The summed E-state index contributed by atoms with van der Waals surface area (Å²) in [5.41, 5.74) is 0. The van der Waals surface area contributed by atoms with Gasteiger partial charge in [-0.1, -0.05) is 0 Å². The molecule has 2 saturated heterocycles. The van der Waals surface area contributed by atoms with Gasteiger partial charge in [-0.3, -0.25) is 9.89 Å². The first-order chi connectivity index (χ1) is 13.8. The molecule has 0 spiro atoms. The van der Waals surface area contributed by atoms with E-state index in [4.69, 9.17) is 14.5 Å². The Bertz CT molecular complexity index is 605. The first kappa shape index (κ1) is 20.9. The standard InChI is InChI=1S/C21H33FN4O2/c1-2-23-21(26-11-9-19(17-26)25-12-15-27-16-13-25)24-10-3-4-14-28-20-7-5-18(22)6-8-20/h5-8,19H,2-4,9-17H2,1H3,(H,23,24). The van der Waals surface area contributed by atoms with E-state index < -0.39 is 0 Å². The lowest BCUT2D eigenvalue weighted by molar-refractivity contribution is 0.0195. The molecule has 0 bridgehead atoms. The minimum atomic E-state index is -0.240. The fraction of sp³-hybridized carbons (Fsp3) is 0.667. The summed E-state index contributed by atoms with van der Waals surface area (Å²) in [4.78, 5) is 9.76. The van der Waals surface area contributed by atoms with Crippen molar-refractivity contribution >= 4 is 5.96 Å². The van der Waals surface area contributed by atoms with Crippen molar-refractivity contribution in [3.05, 3.63) is 30.1 Å². The molecular weight excluding hydrogens is 359 g/mol. The zero-order chi connectivity index (χ0) is 19.6. The van der Waals surface area contributed by atoms with Gasteiger partial charge < -0.3 is 19.7 Å². The van der Waals surface area contributed by atoms with Crippen LogP contribution in [-0.2, 0) is 4.74 Å². The molecule has 156 valence electrons. The fourth-order valence-electron chi connectivity index (χ4n) is 3.72. The highest BCUT2D eigenvalue weighted by Crippen LogP contribution is 2.17. The molecule has 7 heteroatoms. The molecule has 2 heterocycles. The van der Waals surface area contributed by atoms with Crippen LogP contribution >= 0.6 is 0 Å². The average Bonchev–Trinajstić information content (AvgIpc) is 3.22. The molecule has 2 aliphatic rings. The van der Waals surface area contributed by atoms with E-state index in [0.717, 1.165) is 71.3 Å². The SMILES string of the molecule is CCNC(=NCCCCOc1ccc(F)cc1)N1CCC(N2CCOCC2)C1. The highest BCUT2D eigenvalue weighted by molar-refractivity contribution is 5.80. The van der Waals surface area contributed by atoms with Gasteiger partial charge in [0.1, 0.15) is 11.6 Å². The van der Waals surface area contributed by atoms with Gasteiger partial charge in [-0.2, -0.15) is 0 Å². The van der Waals surface area contributed by atoms with E-state index in [-0.39, 0.29) is 5.82 Å². The molecule has 1 atom stereocenters. The number of nitrogens with one attached hydrogen (secondary N) is 1. The molecule has 6 nitrogen and oxygen atoms in total. The molecule has 1 aromatic carbocycles. The Labute approximate surface area is 167 Å². The van der Waals surface area contributed by atoms with Gasteiger partial charge in [0.15, 0.2) is 5.96 Å². The van der Waals surface area contributed by atoms with Gasteiger partial charge >= 0.3 is 0 Å². The van der Waals surface area contributed by atoms with Crippen LogP contribution in [0, 0.1) is 5.82 Å². The second-order valence-electron chi connectivity index (χ2n) is 7.28. The van der Waals surface area contributed by atoms with Gasteiger partial charge in [-0.05, 0) is 50.5 Å². The van der Waals surface area contributed by atoms with Crippen LogP contribution in [0.5, 0.6) is 5.75 Å². The van der Waals surface area contributed by atoms with E-state index in [9.17, 15) is 4.39 Å². The van der Waals surface area contributed by atoms with Crippen molar-refractivity contribution in [1.82, 2.24) is 15.1 Å². The molecule has 0 aliphatic carbocycles. The smallest absolute Gasteiger partial charge is 0.193 e. The van der Waals surface area contributed by atoms with Gasteiger partial charge in [-0.15, -0.1) is 0 Å². The highest BCUT2D eigenvalue weighted by Gasteiger charge is 2.30. The van der Waals surface area contributed by atoms with Gasteiger partial charge in [0.25, 0.3) is 0 Å². The average molecular weight is 393 g/mol. The van der Waals surface area contributed by atoms with Crippen LogP contribution in [0.4, 0.5) is 4.39 Å². The van der Waals surface area contributed by atoms with E-state index in [1.54, 1.807) is 12.1 Å². The monoisotopic (exact) mass is 392 g/mol. The maximum absolute atomic E-state index is 12.9. The third kappa shape index (κ3) is 6.34. The predicted molar refractivity (Wildman–Crippen MR) is 109 cm³/mol. The van der Waals surface area contributed by atoms with Crippen molar-refractivity contribution in [1.29, 1.82) is 0 Å². The number of aliphatic imine (C=N–C) groups is 1. The maximum atomic E-state index is 12.9. The number of rotatable bonds is 8. The Hall–Kier alpha value is -1.86. The van der Waals surface area contributed by atoms with Crippen molar-refractivity contribution in [3.63, 3.8) is 0 Å². The Morgan fingerprint density at radius 3 is 2.75 bits per heavy atom. The molecule has 0 aromatic heterocycles. The van der Waals surface area contributed by atoms with Gasteiger partial charge in [0.05, 0.1) is 19.8 Å². The largest absolute Gasteiger partial charge is 0.494 e. The van der Waals surface area contributed by atoms with Crippen LogP contribution in [0.25, 0.3) is 0 Å². The zero-order valence-corrected chi connectivity index (χ0v) is 16.9. The molecule has 1 unspecified atom stereocenters. The van der Waals surface area contributed by atoms with Crippen molar-refractivity contribution < 1.29 is 13.9 Å². The number of likely N-dealkylation sites (tertiary alicyclic amines) is 1. The predicted octanol–water partition coefficient (Wildman–Crippen LogP) is 2.36. The lowest BCUT2D eigenvalue weighted by atomic mass is 10.2. The Kier molecular flexibility index (Phi) is 8.36. The highest BCUT2D eigenvalue weighted by atomic mass is 19.1. The minimum Gasteiger partial charge on any atom is -0.494 e. The topological polar surface area (TPSA) is 49.3 Å². The summed E-state index contributed by atoms with van der Waals surface area (Å²) < 4.78 is 24.0. The number of halogens is 1. The van der Waals surface area contributed by atoms with E-state index in [2.05, 4.69) is 22.0 Å². The summed E-state index contributed by atoms with van der Waals surface area (Å²) in [6, 6.07) is 6.77. The second-order valence-corrected chi connectivity index (χ2v) is 7.28. The van der Waals surface area contributed by atoms with Crippen LogP contribution in [-0.4, -0.2) is 80.9 Å². The zero-order valence-electron chi connectivity index (χ0n) is 16.9. The number of guanidine groups is 1. The summed E-state index contributed by atoms with van der Waals surface area (Å²) in [6.45, 7) is 10.3. The first-order valence-electron chi connectivity index (χ1n) is 10.5. The van der Waals surface area contributed by atoms with Crippen LogP contribution < -0.4 is 10.1 Å². The molecule has 0 saturated carbocycles. The van der Waals surface area contributed by atoms with E-state index >= 15 is 0 Å². The first-order valence-corrected chi connectivity index (χ1v) is 10.5. The minimum absolute atomic E-state index is 0.240. The number of ether oxygens (including phenoxy) is 2. The Morgan fingerprint density at radius 2 is 2.00 bits per heavy atom. The quantitative estimate of drug-likeness (QED) is 0.418. The summed E-state index contributed by atoms with van der Waals surface area (Å²) in [6.07, 6.45) is 3.09. The summed E-state index contributed by atoms with van der Waals surface area (Å²) >= 11 is 0. The number of hydrogen-bond donors (Lipinski definition) is 1. The van der Waals surface area contributed by atoms with E-state index in [0.29, 0.717) is 18.4 Å². The van der Waals surface area contributed by atoms with Crippen LogP contribution in [0.3, 0.4) is 0 Å². The Balaban J connectivity index is 1.38.